The van der Waals surface area contributed by atoms with Crippen molar-refractivity contribution in [2.45, 2.75) is 26.0 Å². The molecule has 17 heavy (non-hydrogen) atoms. The lowest BCUT2D eigenvalue weighted by Gasteiger charge is -2.05. The lowest BCUT2D eigenvalue weighted by Crippen LogP contribution is -2.03. The summed E-state index contributed by atoms with van der Waals surface area (Å²) < 4.78 is 12.0. The van der Waals surface area contributed by atoms with Crippen molar-refractivity contribution in [2.24, 2.45) is 0 Å². The highest BCUT2D eigenvalue weighted by Gasteiger charge is 2.16. The second kappa shape index (κ2) is 4.96. The number of nitrogen functional groups attached to an aromatic ring is 1. The fourth-order valence-corrected chi connectivity index (χ4v) is 1.52. The molecule has 0 aliphatic heterocycles. The Morgan fingerprint density at radius 2 is 2.41 bits per heavy atom. The molecule has 0 aromatic carbocycles. The molecule has 2 aromatic heterocycles. The van der Waals surface area contributed by atoms with Gasteiger partial charge in [0.05, 0.1) is 11.9 Å². The third kappa shape index (κ3) is 2.62. The Hall–Kier alpha value is -1.89. The first-order valence-electron chi connectivity index (χ1n) is 5.36. The number of aromatic nitrogens is 4. The molecule has 1 unspecified atom stereocenters. The lowest BCUT2D eigenvalue weighted by molar-refractivity contribution is 0.0903. The molecule has 2 heterocycles. The molecule has 0 saturated heterocycles. The highest BCUT2D eigenvalue weighted by molar-refractivity contribution is 5.30. The Balaban J connectivity index is 2.08. The van der Waals surface area contributed by atoms with Crippen molar-refractivity contribution in [1.82, 2.24) is 19.9 Å². The van der Waals surface area contributed by atoms with Gasteiger partial charge in [-0.1, -0.05) is 12.1 Å². The average molecular weight is 237 g/mol. The van der Waals surface area contributed by atoms with Crippen LogP contribution in [0.1, 0.15) is 31.2 Å². The number of methoxy groups -OCH3 is 1. The van der Waals surface area contributed by atoms with Crippen LogP contribution in [0.3, 0.4) is 0 Å². The van der Waals surface area contributed by atoms with Crippen LogP contribution in [0.15, 0.2) is 16.9 Å². The van der Waals surface area contributed by atoms with E-state index in [4.69, 9.17) is 15.0 Å². The summed E-state index contributed by atoms with van der Waals surface area (Å²) in [6.45, 7) is 2.41. The van der Waals surface area contributed by atoms with Crippen molar-refractivity contribution in [2.75, 3.05) is 12.8 Å². The molecule has 0 bridgehead atoms. The smallest absolute Gasteiger partial charge is 0.248 e. The van der Waals surface area contributed by atoms with Crippen molar-refractivity contribution in [1.29, 1.82) is 0 Å². The first kappa shape index (κ1) is 11.6. The van der Waals surface area contributed by atoms with Crippen LogP contribution in [0.2, 0.25) is 0 Å². The highest BCUT2D eigenvalue weighted by atomic mass is 16.5. The summed E-state index contributed by atoms with van der Waals surface area (Å²) in [5.41, 5.74) is 6.16. The number of rotatable bonds is 5. The van der Waals surface area contributed by atoms with E-state index in [2.05, 4.69) is 15.2 Å². The van der Waals surface area contributed by atoms with Crippen LogP contribution in [0, 0.1) is 0 Å². The molecule has 0 amide bonds. The zero-order valence-corrected chi connectivity index (χ0v) is 9.83. The monoisotopic (exact) mass is 237 g/mol. The summed E-state index contributed by atoms with van der Waals surface area (Å²) in [7, 11) is 1.62. The van der Waals surface area contributed by atoms with Crippen LogP contribution < -0.4 is 5.73 Å². The van der Waals surface area contributed by atoms with Gasteiger partial charge in [-0.25, -0.2) is 0 Å². The molecule has 1 atom stereocenters. The van der Waals surface area contributed by atoms with Gasteiger partial charge in [-0.2, -0.15) is 10.1 Å². The Bertz CT molecular complexity index is 475. The van der Waals surface area contributed by atoms with Crippen LogP contribution in [-0.2, 0) is 11.3 Å². The van der Waals surface area contributed by atoms with E-state index in [0.717, 1.165) is 6.42 Å². The average Bonchev–Trinajstić information content (AvgIpc) is 2.91. The van der Waals surface area contributed by atoms with Crippen molar-refractivity contribution >= 4 is 5.69 Å². The van der Waals surface area contributed by atoms with Gasteiger partial charge in [0, 0.05) is 13.3 Å². The van der Waals surface area contributed by atoms with Crippen molar-refractivity contribution in [3.05, 3.63) is 24.1 Å². The second-order valence-corrected chi connectivity index (χ2v) is 3.65. The van der Waals surface area contributed by atoms with Gasteiger partial charge >= 0.3 is 0 Å². The van der Waals surface area contributed by atoms with E-state index in [1.807, 2.05) is 6.92 Å². The Kier molecular flexibility index (Phi) is 3.38. The molecular formula is C10H15N5O2. The summed E-state index contributed by atoms with van der Waals surface area (Å²) in [6.07, 6.45) is 3.94. The number of nitrogens with zero attached hydrogens (tertiary/aromatic N) is 4. The maximum atomic E-state index is 5.56. The van der Waals surface area contributed by atoms with Gasteiger partial charge in [-0.05, 0) is 6.42 Å². The molecule has 2 aromatic rings. The summed E-state index contributed by atoms with van der Waals surface area (Å²) in [4.78, 5) is 4.25. The fraction of sp³-hybridized carbons (Fsp3) is 0.500. The molecule has 7 nitrogen and oxygen atoms in total. The fourth-order valence-electron chi connectivity index (χ4n) is 1.52. The highest BCUT2D eigenvalue weighted by Crippen LogP contribution is 2.16. The lowest BCUT2D eigenvalue weighted by atomic mass is 10.3. The SMILES string of the molecule is CCC(OC)c1noc(Cn2cc(N)cn2)n1. The number of hydrogen-bond donors (Lipinski definition) is 1. The minimum absolute atomic E-state index is 0.129. The molecule has 2 rings (SSSR count). The first-order chi connectivity index (χ1) is 8.22. The topological polar surface area (TPSA) is 92.0 Å². The summed E-state index contributed by atoms with van der Waals surface area (Å²) in [5, 5.41) is 7.92. The minimum atomic E-state index is -0.129. The largest absolute Gasteiger partial charge is 0.396 e. The van der Waals surface area contributed by atoms with Crippen LogP contribution in [0.5, 0.6) is 0 Å². The maximum Gasteiger partial charge on any atom is 0.248 e. The van der Waals surface area contributed by atoms with E-state index >= 15 is 0 Å². The second-order valence-electron chi connectivity index (χ2n) is 3.65. The molecule has 2 N–H and O–H groups in total. The predicted molar refractivity (Wildman–Crippen MR) is 60.1 cm³/mol. The zero-order valence-electron chi connectivity index (χ0n) is 9.83. The number of nitrogens with two attached hydrogens (primary N) is 1. The van der Waals surface area contributed by atoms with Gasteiger partial charge in [0.15, 0.2) is 0 Å². The molecule has 7 heteroatoms. The molecule has 0 saturated carbocycles. The molecule has 0 aliphatic carbocycles. The third-order valence-electron chi connectivity index (χ3n) is 2.38. The molecule has 0 aliphatic rings. The Labute approximate surface area is 98.6 Å². The standard InChI is InChI=1S/C10H15N5O2/c1-3-8(16-2)10-13-9(17-14-10)6-15-5-7(11)4-12-15/h4-5,8H,3,6,11H2,1-2H3. The number of hydrogen-bond acceptors (Lipinski definition) is 6. The van der Waals surface area contributed by atoms with E-state index in [9.17, 15) is 0 Å². The third-order valence-corrected chi connectivity index (χ3v) is 2.38. The summed E-state index contributed by atoms with van der Waals surface area (Å²) in [6, 6.07) is 0. The van der Waals surface area contributed by atoms with Gasteiger partial charge in [0.25, 0.3) is 0 Å². The van der Waals surface area contributed by atoms with E-state index in [1.54, 1.807) is 24.2 Å². The van der Waals surface area contributed by atoms with Crippen LogP contribution in [-0.4, -0.2) is 27.0 Å². The number of ether oxygens (including phenoxy) is 1. The predicted octanol–water partition coefficient (Wildman–Crippen LogP) is 0.994. The first-order valence-corrected chi connectivity index (χ1v) is 5.36. The quantitative estimate of drug-likeness (QED) is 0.833. The van der Waals surface area contributed by atoms with Gasteiger partial charge in [0.2, 0.25) is 11.7 Å². The number of anilines is 1. The molecular weight excluding hydrogens is 222 g/mol. The van der Waals surface area contributed by atoms with Crippen LogP contribution >= 0.6 is 0 Å². The van der Waals surface area contributed by atoms with E-state index < -0.39 is 0 Å². The molecule has 0 radical (unpaired) electrons. The molecule has 92 valence electrons. The van der Waals surface area contributed by atoms with Gasteiger partial charge in [-0.3, -0.25) is 4.68 Å². The van der Waals surface area contributed by atoms with Crippen molar-refractivity contribution < 1.29 is 9.26 Å². The Morgan fingerprint density at radius 1 is 1.59 bits per heavy atom. The van der Waals surface area contributed by atoms with Gasteiger partial charge in [-0.15, -0.1) is 0 Å². The van der Waals surface area contributed by atoms with E-state index in [-0.39, 0.29) is 6.10 Å². The normalized spacial score (nSPS) is 12.8. The van der Waals surface area contributed by atoms with Crippen molar-refractivity contribution in [3.63, 3.8) is 0 Å². The van der Waals surface area contributed by atoms with Gasteiger partial charge < -0.3 is 15.0 Å². The van der Waals surface area contributed by atoms with Crippen molar-refractivity contribution in [3.8, 4) is 0 Å². The molecule has 0 spiro atoms. The van der Waals surface area contributed by atoms with Crippen LogP contribution in [0.4, 0.5) is 5.69 Å². The maximum absolute atomic E-state index is 5.56. The van der Waals surface area contributed by atoms with E-state index in [1.165, 1.54) is 0 Å². The minimum Gasteiger partial charge on any atom is -0.396 e. The summed E-state index contributed by atoms with van der Waals surface area (Å²) in [5.74, 6) is 1.05. The van der Waals surface area contributed by atoms with Gasteiger partial charge in [0.1, 0.15) is 12.6 Å². The van der Waals surface area contributed by atoms with Crippen LogP contribution in [0.25, 0.3) is 0 Å². The summed E-state index contributed by atoms with van der Waals surface area (Å²) >= 11 is 0. The Morgan fingerprint density at radius 3 is 3.00 bits per heavy atom. The van der Waals surface area contributed by atoms with E-state index in [0.29, 0.717) is 23.9 Å². The zero-order chi connectivity index (χ0) is 12.3. The molecule has 0 fully saturated rings.